The molecule has 29 heavy (non-hydrogen) atoms. The zero-order valence-electron chi connectivity index (χ0n) is 17.7. The summed E-state index contributed by atoms with van der Waals surface area (Å²) in [6, 6.07) is 4.17. The molecule has 7 nitrogen and oxygen atoms in total. The van der Waals surface area contributed by atoms with Gasteiger partial charge >= 0.3 is 0 Å². The van der Waals surface area contributed by atoms with Crippen LogP contribution < -0.4 is 10.6 Å². The number of hydrogen-bond acceptors (Lipinski definition) is 5. The first-order valence-electron chi connectivity index (χ1n) is 9.93. The standard InChI is InChI=1S/C20H33FN4O3S/c1-15-12-25(13-16(2)28-15)9-5-8-23-20(22-3)24-11-18-10-19(21)7-6-17(18)14-29(4,26)27/h6-7,10,15-16H,5,8-9,11-14H2,1-4H3,(H2,22,23,24). The maximum atomic E-state index is 13.6. The fourth-order valence-electron chi connectivity index (χ4n) is 3.56. The van der Waals surface area contributed by atoms with Gasteiger partial charge in [0.05, 0.1) is 18.0 Å². The van der Waals surface area contributed by atoms with Gasteiger partial charge in [-0.15, -0.1) is 0 Å². The third-order valence-electron chi connectivity index (χ3n) is 4.69. The van der Waals surface area contributed by atoms with Gasteiger partial charge in [-0.05, 0) is 43.5 Å². The van der Waals surface area contributed by atoms with Gasteiger partial charge in [0.15, 0.2) is 15.8 Å². The second-order valence-corrected chi connectivity index (χ2v) is 9.85. The van der Waals surface area contributed by atoms with Crippen LogP contribution in [-0.2, 0) is 26.9 Å². The molecule has 9 heteroatoms. The highest BCUT2D eigenvalue weighted by Crippen LogP contribution is 2.14. The average molecular weight is 429 g/mol. The van der Waals surface area contributed by atoms with E-state index in [-0.39, 0.29) is 18.0 Å². The van der Waals surface area contributed by atoms with Gasteiger partial charge in [-0.2, -0.15) is 0 Å². The largest absolute Gasteiger partial charge is 0.373 e. The maximum Gasteiger partial charge on any atom is 0.191 e. The molecule has 2 atom stereocenters. The lowest BCUT2D eigenvalue weighted by molar-refractivity contribution is -0.0679. The van der Waals surface area contributed by atoms with Gasteiger partial charge in [0.2, 0.25) is 0 Å². The first-order chi connectivity index (χ1) is 13.7. The van der Waals surface area contributed by atoms with Crippen molar-refractivity contribution >= 4 is 15.8 Å². The van der Waals surface area contributed by atoms with Crippen molar-refractivity contribution in [2.45, 2.75) is 44.8 Å². The number of morpholine rings is 1. The third kappa shape index (κ3) is 8.67. The van der Waals surface area contributed by atoms with Gasteiger partial charge in [0.1, 0.15) is 5.82 Å². The second kappa shape index (κ2) is 10.9. The fraction of sp³-hybridized carbons (Fsp3) is 0.650. The molecule has 0 amide bonds. The molecule has 164 valence electrons. The number of nitrogens with one attached hydrogen (secondary N) is 2. The summed E-state index contributed by atoms with van der Waals surface area (Å²) in [7, 11) is -1.53. The Balaban J connectivity index is 1.81. The molecule has 0 aromatic heterocycles. The molecule has 1 saturated heterocycles. The third-order valence-corrected chi connectivity index (χ3v) is 5.53. The van der Waals surface area contributed by atoms with Gasteiger partial charge in [-0.3, -0.25) is 9.89 Å². The molecule has 1 aliphatic heterocycles. The topological polar surface area (TPSA) is 83.0 Å². The highest BCUT2D eigenvalue weighted by molar-refractivity contribution is 7.89. The van der Waals surface area contributed by atoms with Crippen LogP contribution in [0.4, 0.5) is 4.39 Å². The SMILES string of the molecule is CN=C(NCCCN1CC(C)OC(C)C1)NCc1cc(F)ccc1CS(C)(=O)=O. The minimum Gasteiger partial charge on any atom is -0.373 e. The molecule has 1 fully saturated rings. The van der Waals surface area contributed by atoms with Crippen LogP contribution in [0.2, 0.25) is 0 Å². The first-order valence-corrected chi connectivity index (χ1v) is 12.0. The Hall–Kier alpha value is -1.71. The summed E-state index contributed by atoms with van der Waals surface area (Å²) in [5, 5.41) is 6.39. The van der Waals surface area contributed by atoms with E-state index in [0.717, 1.165) is 32.6 Å². The highest BCUT2D eigenvalue weighted by atomic mass is 32.2. The Labute approximate surface area is 173 Å². The molecule has 1 aliphatic rings. The van der Waals surface area contributed by atoms with E-state index in [1.165, 1.54) is 24.5 Å². The van der Waals surface area contributed by atoms with Crippen LogP contribution in [0.5, 0.6) is 0 Å². The molecular weight excluding hydrogens is 395 g/mol. The smallest absolute Gasteiger partial charge is 0.191 e. The van der Waals surface area contributed by atoms with E-state index < -0.39 is 15.7 Å². The Morgan fingerprint density at radius 2 is 1.93 bits per heavy atom. The zero-order chi connectivity index (χ0) is 21.4. The number of aliphatic imine (C=N–C) groups is 1. The molecule has 1 aromatic rings. The predicted octanol–water partition coefficient (Wildman–Crippen LogP) is 1.53. The number of nitrogens with zero attached hydrogens (tertiary/aromatic N) is 2. The normalized spacial score (nSPS) is 21.2. The Bertz CT molecular complexity index is 791. The summed E-state index contributed by atoms with van der Waals surface area (Å²) < 4.78 is 42.6. The molecule has 1 aromatic carbocycles. The van der Waals surface area contributed by atoms with Crippen molar-refractivity contribution in [1.29, 1.82) is 0 Å². The number of ether oxygens (including phenoxy) is 1. The number of sulfone groups is 1. The molecule has 2 unspecified atom stereocenters. The lowest BCUT2D eigenvalue weighted by Gasteiger charge is -2.35. The highest BCUT2D eigenvalue weighted by Gasteiger charge is 2.21. The van der Waals surface area contributed by atoms with Crippen molar-refractivity contribution in [3.63, 3.8) is 0 Å². The van der Waals surface area contributed by atoms with E-state index in [1.807, 2.05) is 0 Å². The summed E-state index contributed by atoms with van der Waals surface area (Å²) in [6.45, 7) is 8.10. The van der Waals surface area contributed by atoms with Crippen LogP contribution in [0.15, 0.2) is 23.2 Å². The summed E-state index contributed by atoms with van der Waals surface area (Å²) in [5.74, 6) is 0.0893. The average Bonchev–Trinajstić information content (AvgIpc) is 2.61. The number of guanidine groups is 1. The van der Waals surface area contributed by atoms with E-state index in [4.69, 9.17) is 4.74 Å². The predicted molar refractivity (Wildman–Crippen MR) is 114 cm³/mol. The van der Waals surface area contributed by atoms with Crippen LogP contribution in [0, 0.1) is 5.82 Å². The Morgan fingerprint density at radius 3 is 2.55 bits per heavy atom. The summed E-state index contributed by atoms with van der Waals surface area (Å²) in [5.41, 5.74) is 1.20. The van der Waals surface area contributed by atoms with Crippen molar-refractivity contribution < 1.29 is 17.5 Å². The molecular formula is C20H33FN4O3S. The molecule has 2 N–H and O–H groups in total. The Morgan fingerprint density at radius 1 is 1.24 bits per heavy atom. The lowest BCUT2D eigenvalue weighted by Crippen LogP contribution is -2.46. The van der Waals surface area contributed by atoms with E-state index in [2.05, 4.69) is 34.4 Å². The number of benzene rings is 1. The van der Waals surface area contributed by atoms with Gasteiger partial charge in [0.25, 0.3) is 0 Å². The van der Waals surface area contributed by atoms with E-state index in [9.17, 15) is 12.8 Å². The van der Waals surface area contributed by atoms with Crippen molar-refractivity contribution in [3.05, 3.63) is 35.1 Å². The van der Waals surface area contributed by atoms with Crippen LogP contribution in [0.1, 0.15) is 31.4 Å². The van der Waals surface area contributed by atoms with Crippen molar-refractivity contribution in [2.24, 2.45) is 4.99 Å². The van der Waals surface area contributed by atoms with Crippen molar-refractivity contribution in [3.8, 4) is 0 Å². The zero-order valence-corrected chi connectivity index (χ0v) is 18.6. The van der Waals surface area contributed by atoms with Gasteiger partial charge in [-0.25, -0.2) is 12.8 Å². The molecule has 1 heterocycles. The van der Waals surface area contributed by atoms with Gasteiger partial charge < -0.3 is 15.4 Å². The van der Waals surface area contributed by atoms with Crippen LogP contribution in [-0.4, -0.2) is 71.0 Å². The van der Waals surface area contributed by atoms with E-state index in [0.29, 0.717) is 23.6 Å². The second-order valence-electron chi connectivity index (χ2n) is 7.71. The number of halogens is 1. The fourth-order valence-corrected chi connectivity index (χ4v) is 4.40. The van der Waals surface area contributed by atoms with E-state index in [1.54, 1.807) is 7.05 Å². The van der Waals surface area contributed by atoms with Gasteiger partial charge in [0, 0.05) is 46.0 Å². The molecule has 0 aliphatic carbocycles. The van der Waals surface area contributed by atoms with Crippen LogP contribution >= 0.6 is 0 Å². The summed E-state index contributed by atoms with van der Waals surface area (Å²) in [6.07, 6.45) is 2.64. The van der Waals surface area contributed by atoms with Crippen molar-refractivity contribution in [2.75, 3.05) is 39.5 Å². The number of rotatable bonds is 8. The summed E-state index contributed by atoms with van der Waals surface area (Å²) in [4.78, 5) is 6.59. The molecule has 0 radical (unpaired) electrons. The molecule has 0 bridgehead atoms. The molecule has 2 rings (SSSR count). The molecule has 0 spiro atoms. The lowest BCUT2D eigenvalue weighted by atomic mass is 10.1. The minimum absolute atomic E-state index is 0.118. The monoisotopic (exact) mass is 428 g/mol. The van der Waals surface area contributed by atoms with Gasteiger partial charge in [-0.1, -0.05) is 6.07 Å². The van der Waals surface area contributed by atoms with Crippen LogP contribution in [0.3, 0.4) is 0 Å². The molecule has 0 saturated carbocycles. The Kier molecular flexibility index (Phi) is 8.85. The minimum atomic E-state index is -3.20. The quantitative estimate of drug-likeness (QED) is 0.371. The summed E-state index contributed by atoms with van der Waals surface area (Å²) >= 11 is 0. The first kappa shape index (κ1) is 23.6. The number of hydrogen-bond donors (Lipinski definition) is 2. The van der Waals surface area contributed by atoms with E-state index >= 15 is 0 Å². The van der Waals surface area contributed by atoms with Crippen LogP contribution in [0.25, 0.3) is 0 Å². The maximum absolute atomic E-state index is 13.6. The van der Waals surface area contributed by atoms with Crippen molar-refractivity contribution in [1.82, 2.24) is 15.5 Å².